The minimum absolute atomic E-state index is 0.107. The lowest BCUT2D eigenvalue weighted by molar-refractivity contribution is 0.0602. The molecular weight excluding hydrogens is 347 g/mol. The van der Waals surface area contributed by atoms with Gasteiger partial charge in [-0.25, -0.2) is 26.4 Å². The van der Waals surface area contributed by atoms with Gasteiger partial charge in [-0.15, -0.1) is 0 Å². The van der Waals surface area contributed by atoms with Gasteiger partial charge in [-0.2, -0.15) is 0 Å². The first-order valence-electron chi connectivity index (χ1n) is 6.53. The Kier molecular flexibility index (Phi) is 4.83. The van der Waals surface area contributed by atoms with Crippen LogP contribution in [0.4, 0.5) is 18.9 Å². The molecule has 128 valence electrons. The molecule has 0 radical (unpaired) electrons. The van der Waals surface area contributed by atoms with Gasteiger partial charge in [0, 0.05) is 0 Å². The van der Waals surface area contributed by atoms with Gasteiger partial charge in [-0.05, 0) is 30.7 Å². The summed E-state index contributed by atoms with van der Waals surface area (Å²) in [5, 5.41) is 0. The Morgan fingerprint density at radius 1 is 1.08 bits per heavy atom. The molecular formula is C15H12F3NO4S. The van der Waals surface area contributed by atoms with Crippen LogP contribution in [-0.2, 0) is 14.8 Å². The van der Waals surface area contributed by atoms with Crippen LogP contribution in [0.5, 0.6) is 0 Å². The summed E-state index contributed by atoms with van der Waals surface area (Å²) in [6.07, 6.45) is 0. The van der Waals surface area contributed by atoms with Crippen molar-refractivity contribution in [2.45, 2.75) is 11.8 Å². The van der Waals surface area contributed by atoms with Gasteiger partial charge in [-0.1, -0.05) is 12.1 Å². The minimum atomic E-state index is -4.61. The van der Waals surface area contributed by atoms with Crippen molar-refractivity contribution in [2.24, 2.45) is 0 Å². The van der Waals surface area contributed by atoms with Crippen molar-refractivity contribution < 1.29 is 31.1 Å². The normalized spacial score (nSPS) is 11.2. The van der Waals surface area contributed by atoms with E-state index >= 15 is 0 Å². The minimum Gasteiger partial charge on any atom is -0.465 e. The van der Waals surface area contributed by atoms with Gasteiger partial charge in [0.05, 0.1) is 18.4 Å². The molecule has 0 fully saturated rings. The topological polar surface area (TPSA) is 72.5 Å². The summed E-state index contributed by atoms with van der Waals surface area (Å²) in [6.45, 7) is 1.51. The van der Waals surface area contributed by atoms with Crippen LogP contribution < -0.4 is 4.72 Å². The van der Waals surface area contributed by atoms with Gasteiger partial charge in [0.2, 0.25) is 0 Å². The number of sulfonamides is 1. The van der Waals surface area contributed by atoms with Gasteiger partial charge in [-0.3, -0.25) is 4.72 Å². The SMILES string of the molecule is COC(=O)c1cccc(C)c1NS(=O)(=O)c1ccc(F)c(F)c1F. The summed E-state index contributed by atoms with van der Waals surface area (Å²) in [6, 6.07) is 5.39. The smallest absolute Gasteiger partial charge is 0.340 e. The lowest BCUT2D eigenvalue weighted by Crippen LogP contribution is -2.19. The van der Waals surface area contributed by atoms with Gasteiger partial charge in [0.15, 0.2) is 17.5 Å². The van der Waals surface area contributed by atoms with Crippen molar-refractivity contribution in [3.8, 4) is 0 Å². The third-order valence-corrected chi connectivity index (χ3v) is 4.57. The molecule has 9 heteroatoms. The van der Waals surface area contributed by atoms with Crippen LogP contribution in [0.2, 0.25) is 0 Å². The molecule has 0 aliphatic heterocycles. The maximum absolute atomic E-state index is 13.8. The van der Waals surface area contributed by atoms with Crippen LogP contribution in [0.25, 0.3) is 0 Å². The maximum atomic E-state index is 13.8. The van der Waals surface area contributed by atoms with Crippen molar-refractivity contribution in [1.82, 2.24) is 0 Å². The summed E-state index contributed by atoms with van der Waals surface area (Å²) < 4.78 is 71.2. The van der Waals surface area contributed by atoms with Crippen molar-refractivity contribution >= 4 is 21.7 Å². The molecule has 5 nitrogen and oxygen atoms in total. The van der Waals surface area contributed by atoms with Gasteiger partial charge in [0.1, 0.15) is 4.90 Å². The molecule has 0 saturated heterocycles. The van der Waals surface area contributed by atoms with Gasteiger partial charge >= 0.3 is 5.97 Å². The Morgan fingerprint density at radius 3 is 2.38 bits per heavy atom. The Morgan fingerprint density at radius 2 is 1.75 bits per heavy atom. The monoisotopic (exact) mass is 359 g/mol. The summed E-state index contributed by atoms with van der Waals surface area (Å²) in [5.41, 5.74) is 0.0991. The summed E-state index contributed by atoms with van der Waals surface area (Å²) in [4.78, 5) is 10.7. The molecule has 2 rings (SSSR count). The number of rotatable bonds is 4. The summed E-state index contributed by atoms with van der Waals surface area (Å²) >= 11 is 0. The number of nitrogens with one attached hydrogen (secondary N) is 1. The van der Waals surface area contributed by atoms with Gasteiger partial charge < -0.3 is 4.74 Å². The fourth-order valence-corrected chi connectivity index (χ4v) is 3.21. The predicted molar refractivity (Wildman–Crippen MR) is 79.6 cm³/mol. The number of hydrogen-bond donors (Lipinski definition) is 1. The van der Waals surface area contributed by atoms with Crippen LogP contribution in [0.1, 0.15) is 15.9 Å². The van der Waals surface area contributed by atoms with Crippen molar-refractivity contribution in [3.05, 3.63) is 58.9 Å². The standard InChI is InChI=1S/C15H12F3NO4S/c1-8-4-3-5-9(15(20)23-2)14(8)19-24(21,22)11-7-6-10(16)12(17)13(11)18/h3-7,19H,1-2H3. The number of ether oxygens (including phenoxy) is 1. The van der Waals surface area contributed by atoms with E-state index in [-0.39, 0.29) is 11.3 Å². The molecule has 0 spiro atoms. The maximum Gasteiger partial charge on any atom is 0.340 e. The lowest BCUT2D eigenvalue weighted by Gasteiger charge is -2.14. The zero-order valence-corrected chi connectivity index (χ0v) is 13.4. The Balaban J connectivity index is 2.56. The second-order valence-electron chi connectivity index (χ2n) is 4.77. The highest BCUT2D eigenvalue weighted by molar-refractivity contribution is 7.92. The highest BCUT2D eigenvalue weighted by Crippen LogP contribution is 2.27. The highest BCUT2D eigenvalue weighted by atomic mass is 32.2. The molecule has 0 aliphatic rings. The Hall–Kier alpha value is -2.55. The second-order valence-corrected chi connectivity index (χ2v) is 6.42. The number of hydrogen-bond acceptors (Lipinski definition) is 4. The van der Waals surface area contributed by atoms with E-state index in [0.29, 0.717) is 17.7 Å². The van der Waals surface area contributed by atoms with E-state index in [9.17, 15) is 26.4 Å². The molecule has 0 aromatic heterocycles. The Labute approximate surface area is 136 Å². The van der Waals surface area contributed by atoms with Crippen molar-refractivity contribution in [2.75, 3.05) is 11.8 Å². The van der Waals surface area contributed by atoms with E-state index in [4.69, 9.17) is 0 Å². The van der Waals surface area contributed by atoms with Gasteiger partial charge in [0.25, 0.3) is 10.0 Å². The molecule has 0 bridgehead atoms. The number of aryl methyl sites for hydroxylation is 1. The van der Waals surface area contributed by atoms with Crippen LogP contribution >= 0.6 is 0 Å². The van der Waals surface area contributed by atoms with E-state index in [1.807, 2.05) is 4.72 Å². The van der Waals surface area contributed by atoms with Crippen molar-refractivity contribution in [1.29, 1.82) is 0 Å². The average molecular weight is 359 g/mol. The lowest BCUT2D eigenvalue weighted by atomic mass is 10.1. The van der Waals surface area contributed by atoms with E-state index < -0.39 is 38.3 Å². The van der Waals surface area contributed by atoms with E-state index in [1.165, 1.54) is 25.1 Å². The first kappa shape index (κ1) is 17.8. The molecule has 0 amide bonds. The molecule has 0 atom stereocenters. The van der Waals surface area contributed by atoms with E-state index in [0.717, 1.165) is 7.11 Å². The zero-order chi connectivity index (χ0) is 18.1. The number of esters is 1. The molecule has 2 aromatic rings. The molecule has 0 saturated carbocycles. The predicted octanol–water partition coefficient (Wildman–Crippen LogP) is 3.00. The number of carbonyl (C=O) groups is 1. The highest BCUT2D eigenvalue weighted by Gasteiger charge is 2.26. The third-order valence-electron chi connectivity index (χ3n) is 3.20. The number of para-hydroxylation sites is 1. The number of carbonyl (C=O) groups excluding carboxylic acids is 1. The Bertz CT molecular complexity index is 913. The van der Waals surface area contributed by atoms with E-state index in [2.05, 4.69) is 4.74 Å². The van der Waals surface area contributed by atoms with E-state index in [1.54, 1.807) is 0 Å². The molecule has 2 aromatic carbocycles. The fraction of sp³-hybridized carbons (Fsp3) is 0.133. The number of anilines is 1. The first-order chi connectivity index (χ1) is 11.2. The average Bonchev–Trinajstić information content (AvgIpc) is 2.53. The molecule has 0 aliphatic carbocycles. The number of halogens is 3. The molecule has 0 unspecified atom stereocenters. The summed E-state index contributed by atoms with van der Waals surface area (Å²) in [7, 11) is -3.50. The number of benzene rings is 2. The summed E-state index contributed by atoms with van der Waals surface area (Å²) in [5.74, 6) is -6.09. The van der Waals surface area contributed by atoms with Crippen molar-refractivity contribution in [3.63, 3.8) is 0 Å². The molecule has 24 heavy (non-hydrogen) atoms. The second kappa shape index (κ2) is 6.52. The molecule has 1 N–H and O–H groups in total. The van der Waals surface area contributed by atoms with Crippen LogP contribution in [0, 0.1) is 24.4 Å². The van der Waals surface area contributed by atoms with Crippen LogP contribution in [-0.4, -0.2) is 21.5 Å². The largest absolute Gasteiger partial charge is 0.465 e. The van der Waals surface area contributed by atoms with Crippen LogP contribution in [0.15, 0.2) is 35.2 Å². The zero-order valence-electron chi connectivity index (χ0n) is 12.6. The quantitative estimate of drug-likeness (QED) is 0.673. The fourth-order valence-electron chi connectivity index (χ4n) is 1.99. The van der Waals surface area contributed by atoms with Crippen LogP contribution in [0.3, 0.4) is 0 Å². The third kappa shape index (κ3) is 3.21. The first-order valence-corrected chi connectivity index (χ1v) is 8.01. The number of methoxy groups -OCH3 is 1. The molecule has 0 heterocycles.